The number of rotatable bonds is 6. The van der Waals surface area contributed by atoms with Crippen molar-refractivity contribution in [1.82, 2.24) is 4.98 Å². The average molecular weight is 289 g/mol. The van der Waals surface area contributed by atoms with Gasteiger partial charge in [-0.05, 0) is 19.3 Å². The van der Waals surface area contributed by atoms with Crippen LogP contribution in [-0.2, 0) is 4.74 Å². The fraction of sp³-hybridized carbons (Fsp3) is 0.667. The molecule has 0 N–H and O–H groups in total. The Kier molecular flexibility index (Phi) is 4.45. The van der Waals surface area contributed by atoms with E-state index in [1.54, 1.807) is 0 Å². The topological polar surface area (TPSA) is 42.4 Å². The molecule has 1 aliphatic carbocycles. The van der Waals surface area contributed by atoms with E-state index in [2.05, 4.69) is 16.8 Å². The van der Waals surface area contributed by atoms with Crippen molar-refractivity contribution in [3.8, 4) is 0 Å². The molecule has 1 aromatic heterocycles. The summed E-state index contributed by atoms with van der Waals surface area (Å²) >= 11 is 7.32. The van der Waals surface area contributed by atoms with Crippen LogP contribution in [0.1, 0.15) is 42.3 Å². The van der Waals surface area contributed by atoms with Gasteiger partial charge in [-0.25, -0.2) is 9.78 Å². The lowest BCUT2D eigenvalue weighted by molar-refractivity contribution is 0.0606. The molecule has 0 bridgehead atoms. The predicted octanol–water partition coefficient (Wildman–Crippen LogP) is 3.35. The maximum absolute atomic E-state index is 11.5. The Morgan fingerprint density at radius 1 is 1.61 bits per heavy atom. The second-order valence-corrected chi connectivity index (χ2v) is 5.72. The molecule has 4 nitrogen and oxygen atoms in total. The monoisotopic (exact) mass is 288 g/mol. The minimum Gasteiger partial charge on any atom is -0.465 e. The lowest BCUT2D eigenvalue weighted by Crippen LogP contribution is -2.26. The van der Waals surface area contributed by atoms with Gasteiger partial charge in [-0.15, -0.1) is 0 Å². The zero-order valence-corrected chi connectivity index (χ0v) is 12.2. The third-order valence-electron chi connectivity index (χ3n) is 2.93. The van der Waals surface area contributed by atoms with Crippen LogP contribution in [-0.4, -0.2) is 30.6 Å². The van der Waals surface area contributed by atoms with Gasteiger partial charge in [-0.1, -0.05) is 36.3 Å². The molecule has 0 saturated heterocycles. The number of anilines is 1. The van der Waals surface area contributed by atoms with Crippen molar-refractivity contribution < 1.29 is 9.53 Å². The third kappa shape index (κ3) is 2.95. The van der Waals surface area contributed by atoms with Gasteiger partial charge in [0.05, 0.1) is 7.11 Å². The second kappa shape index (κ2) is 5.89. The summed E-state index contributed by atoms with van der Waals surface area (Å²) in [7, 11) is 1.35. The molecule has 0 aliphatic heterocycles. The van der Waals surface area contributed by atoms with Gasteiger partial charge in [0.2, 0.25) is 0 Å². The summed E-state index contributed by atoms with van der Waals surface area (Å²) in [6.45, 7) is 3.14. The fourth-order valence-corrected chi connectivity index (χ4v) is 3.08. The van der Waals surface area contributed by atoms with Crippen molar-refractivity contribution in [2.45, 2.75) is 38.6 Å². The molecule has 1 saturated carbocycles. The minimum atomic E-state index is -0.407. The van der Waals surface area contributed by atoms with Gasteiger partial charge in [-0.2, -0.15) is 0 Å². The molecule has 18 heavy (non-hydrogen) atoms. The minimum absolute atomic E-state index is 0.254. The van der Waals surface area contributed by atoms with E-state index in [1.165, 1.54) is 31.3 Å². The van der Waals surface area contributed by atoms with Crippen LogP contribution in [0.3, 0.4) is 0 Å². The standard InChI is InChI=1S/C12H17ClN2O2S/c1-3-4-7-15(8-5-6-8)12-14-10(13)9(18-12)11(16)17-2/h8H,3-7H2,1-2H3. The van der Waals surface area contributed by atoms with E-state index in [-0.39, 0.29) is 5.15 Å². The van der Waals surface area contributed by atoms with Crippen LogP contribution >= 0.6 is 22.9 Å². The summed E-state index contributed by atoms with van der Waals surface area (Å²) in [6.07, 6.45) is 4.68. The van der Waals surface area contributed by atoms with Gasteiger partial charge in [0.15, 0.2) is 15.2 Å². The smallest absolute Gasteiger partial charge is 0.351 e. The first-order chi connectivity index (χ1) is 8.67. The summed E-state index contributed by atoms with van der Waals surface area (Å²) in [5, 5.41) is 1.10. The van der Waals surface area contributed by atoms with Crippen LogP contribution < -0.4 is 4.90 Å². The highest BCUT2D eigenvalue weighted by Gasteiger charge is 2.32. The van der Waals surface area contributed by atoms with Gasteiger partial charge >= 0.3 is 5.97 Å². The molecule has 0 radical (unpaired) electrons. The van der Waals surface area contributed by atoms with E-state index in [0.717, 1.165) is 24.5 Å². The van der Waals surface area contributed by atoms with Crippen LogP contribution in [0, 0.1) is 0 Å². The van der Waals surface area contributed by atoms with E-state index in [9.17, 15) is 4.79 Å². The number of hydrogen-bond acceptors (Lipinski definition) is 5. The molecular weight excluding hydrogens is 272 g/mol. The Morgan fingerprint density at radius 3 is 2.89 bits per heavy atom. The van der Waals surface area contributed by atoms with Crippen molar-refractivity contribution >= 4 is 34.0 Å². The molecule has 0 spiro atoms. The Bertz CT molecular complexity index is 432. The second-order valence-electron chi connectivity index (χ2n) is 4.39. The fourth-order valence-electron chi connectivity index (χ4n) is 1.78. The summed E-state index contributed by atoms with van der Waals surface area (Å²) in [5.74, 6) is -0.407. The third-order valence-corrected chi connectivity index (χ3v) is 4.39. The number of methoxy groups -OCH3 is 1. The van der Waals surface area contributed by atoms with Gasteiger partial charge in [0.25, 0.3) is 0 Å². The Labute approximate surface area is 116 Å². The number of unbranched alkanes of at least 4 members (excludes halogenated alkanes) is 1. The number of halogens is 1. The zero-order chi connectivity index (χ0) is 13.1. The van der Waals surface area contributed by atoms with Gasteiger partial charge in [0.1, 0.15) is 0 Å². The molecule has 2 rings (SSSR count). The average Bonchev–Trinajstić information content (AvgIpc) is 3.12. The number of aromatic nitrogens is 1. The van der Waals surface area contributed by atoms with E-state index in [4.69, 9.17) is 16.3 Å². The highest BCUT2D eigenvalue weighted by molar-refractivity contribution is 7.18. The Morgan fingerprint density at radius 2 is 2.33 bits per heavy atom. The molecular formula is C12H17ClN2O2S. The van der Waals surface area contributed by atoms with Crippen LogP contribution in [0.15, 0.2) is 0 Å². The first-order valence-electron chi connectivity index (χ1n) is 6.18. The highest BCUT2D eigenvalue weighted by Crippen LogP contribution is 2.37. The van der Waals surface area contributed by atoms with Crippen molar-refractivity contribution in [2.24, 2.45) is 0 Å². The molecule has 100 valence electrons. The first-order valence-corrected chi connectivity index (χ1v) is 7.38. The Hall–Kier alpha value is -0.810. The van der Waals surface area contributed by atoms with Crippen LogP contribution in [0.4, 0.5) is 5.13 Å². The van der Waals surface area contributed by atoms with E-state index < -0.39 is 5.97 Å². The summed E-state index contributed by atoms with van der Waals surface area (Å²) in [5.41, 5.74) is 0. The lowest BCUT2D eigenvalue weighted by Gasteiger charge is -2.20. The maximum Gasteiger partial charge on any atom is 0.351 e. The molecule has 0 unspecified atom stereocenters. The number of nitrogens with zero attached hydrogens (tertiary/aromatic N) is 2. The molecule has 0 atom stereocenters. The lowest BCUT2D eigenvalue weighted by atomic mass is 10.3. The molecule has 1 aromatic rings. The van der Waals surface area contributed by atoms with E-state index in [1.807, 2.05) is 0 Å². The number of esters is 1. The molecule has 1 fully saturated rings. The largest absolute Gasteiger partial charge is 0.465 e. The van der Waals surface area contributed by atoms with E-state index in [0.29, 0.717) is 10.9 Å². The summed E-state index contributed by atoms with van der Waals surface area (Å²) in [4.78, 5) is 18.5. The predicted molar refractivity (Wildman–Crippen MR) is 73.7 cm³/mol. The quantitative estimate of drug-likeness (QED) is 0.753. The van der Waals surface area contributed by atoms with Gasteiger partial charge < -0.3 is 9.64 Å². The molecule has 1 heterocycles. The first kappa shape index (κ1) is 13.6. The van der Waals surface area contributed by atoms with Crippen molar-refractivity contribution in [3.63, 3.8) is 0 Å². The molecule has 0 aromatic carbocycles. The number of ether oxygens (including phenoxy) is 1. The van der Waals surface area contributed by atoms with E-state index >= 15 is 0 Å². The van der Waals surface area contributed by atoms with Crippen LogP contribution in [0.5, 0.6) is 0 Å². The van der Waals surface area contributed by atoms with Crippen molar-refractivity contribution in [1.29, 1.82) is 0 Å². The number of thiazole rings is 1. The van der Waals surface area contributed by atoms with Crippen molar-refractivity contribution in [2.75, 3.05) is 18.6 Å². The maximum atomic E-state index is 11.5. The zero-order valence-electron chi connectivity index (χ0n) is 10.6. The van der Waals surface area contributed by atoms with Crippen LogP contribution in [0.25, 0.3) is 0 Å². The number of carbonyl (C=O) groups excluding carboxylic acids is 1. The number of carbonyl (C=O) groups is 1. The molecule has 1 aliphatic rings. The molecule has 0 amide bonds. The van der Waals surface area contributed by atoms with Crippen molar-refractivity contribution in [3.05, 3.63) is 10.0 Å². The molecule has 6 heteroatoms. The Balaban J connectivity index is 2.17. The van der Waals surface area contributed by atoms with Gasteiger partial charge in [0, 0.05) is 12.6 Å². The number of hydrogen-bond donors (Lipinski definition) is 0. The SMILES string of the molecule is CCCCN(c1nc(Cl)c(C(=O)OC)s1)C1CC1. The van der Waals surface area contributed by atoms with Crippen LogP contribution in [0.2, 0.25) is 5.15 Å². The van der Waals surface area contributed by atoms with Gasteiger partial charge in [-0.3, -0.25) is 0 Å². The summed E-state index contributed by atoms with van der Waals surface area (Å²) < 4.78 is 4.70. The highest BCUT2D eigenvalue weighted by atomic mass is 35.5. The normalized spacial score (nSPS) is 14.6. The summed E-state index contributed by atoms with van der Waals surface area (Å²) in [6, 6.07) is 0.573.